The monoisotopic (exact) mass is 1250 g/mol. The molecule has 1 aliphatic heterocycles. The number of carbonyl (C=O) groups excluding carboxylic acids is 9. The van der Waals surface area contributed by atoms with E-state index in [1.807, 2.05) is 0 Å². The van der Waals surface area contributed by atoms with Crippen LogP contribution >= 0.6 is 33.2 Å². The molecule has 1 heterocycles. The van der Waals surface area contributed by atoms with Crippen LogP contribution < -0.4 is 65.5 Å². The Morgan fingerprint density at radius 3 is 1.71 bits per heavy atom. The summed E-state index contributed by atoms with van der Waals surface area (Å²) in [6, 6.07) is 10.8. The van der Waals surface area contributed by atoms with Crippen LogP contribution in [0.4, 0.5) is 5.69 Å². The highest BCUT2D eigenvalue weighted by molar-refractivity contribution is 8.76. The van der Waals surface area contributed by atoms with Crippen molar-refractivity contribution in [2.75, 3.05) is 23.4 Å². The number of unbranched alkanes of at least 4 members (excludes halogenated alkanes) is 1. The molecule has 0 saturated carbocycles. The summed E-state index contributed by atoms with van der Waals surface area (Å²) in [6.07, 6.45) is -2.29. The lowest BCUT2D eigenvalue weighted by molar-refractivity contribution is -0.137. The van der Waals surface area contributed by atoms with E-state index in [1.165, 1.54) is 79.7 Å². The fourth-order valence-electron chi connectivity index (χ4n) is 8.60. The second-order valence-corrected chi connectivity index (χ2v) is 23.4. The number of primary amides is 1. The summed E-state index contributed by atoms with van der Waals surface area (Å²) in [7, 11) is 1.87. The molecule has 5 rings (SSSR count). The van der Waals surface area contributed by atoms with Crippen molar-refractivity contribution in [2.45, 2.75) is 125 Å². The Morgan fingerprint density at radius 1 is 0.640 bits per heavy atom. The largest absolute Gasteiger partial charge is 0.508 e. The Bertz CT molecular complexity index is 2990. The molecule has 1 aliphatic rings. The first kappa shape index (κ1) is 68.8. The van der Waals surface area contributed by atoms with Crippen LogP contribution in [0.1, 0.15) is 61.3 Å². The van der Waals surface area contributed by atoms with Crippen molar-refractivity contribution >= 4 is 98.0 Å². The summed E-state index contributed by atoms with van der Waals surface area (Å²) in [4.78, 5) is 138. The highest BCUT2D eigenvalue weighted by Gasteiger charge is 2.37. The quantitative estimate of drug-likeness (QED) is 0.0321. The van der Waals surface area contributed by atoms with Gasteiger partial charge in [0.25, 0.3) is 0 Å². The van der Waals surface area contributed by atoms with Crippen molar-refractivity contribution in [1.29, 1.82) is 0 Å². The van der Waals surface area contributed by atoms with E-state index in [4.69, 9.17) is 39.6 Å². The van der Waals surface area contributed by atoms with Gasteiger partial charge in [-0.2, -0.15) is 0 Å². The number of rotatable bonds is 23. The van der Waals surface area contributed by atoms with Crippen LogP contribution in [0.15, 0.2) is 97.1 Å². The number of aliphatic carboxylic acids is 1. The lowest BCUT2D eigenvalue weighted by Crippen LogP contribution is -2.62. The van der Waals surface area contributed by atoms with Gasteiger partial charge in [-0.1, -0.05) is 81.7 Å². The summed E-state index contributed by atoms with van der Waals surface area (Å²) >= 11 is 6.08. The number of hydrogen-bond acceptors (Lipinski definition) is 18. The van der Waals surface area contributed by atoms with Crippen molar-refractivity contribution in [1.82, 2.24) is 37.2 Å². The van der Waals surface area contributed by atoms with E-state index in [-0.39, 0.29) is 86.6 Å². The van der Waals surface area contributed by atoms with Crippen LogP contribution in [0, 0.1) is 0 Å². The van der Waals surface area contributed by atoms with Gasteiger partial charge in [0.05, 0.1) is 18.2 Å². The van der Waals surface area contributed by atoms with Gasteiger partial charge in [0, 0.05) is 47.9 Å². The van der Waals surface area contributed by atoms with Crippen LogP contribution in [0.5, 0.6) is 11.5 Å². The van der Waals surface area contributed by atoms with Crippen molar-refractivity contribution in [3.63, 3.8) is 0 Å². The van der Waals surface area contributed by atoms with E-state index in [0.717, 1.165) is 21.6 Å². The van der Waals surface area contributed by atoms with Gasteiger partial charge in [-0.25, -0.2) is 0 Å². The van der Waals surface area contributed by atoms with Gasteiger partial charge < -0.3 is 85.9 Å². The predicted octanol–water partition coefficient (Wildman–Crippen LogP) is -0.737. The number of carbonyl (C=O) groups is 10. The smallest absolute Gasteiger partial charge is 0.303 e. The first-order valence-corrected chi connectivity index (χ1v) is 30.2. The number of phenolic OH excluding ortho intramolecular Hbond substituents is 2. The van der Waals surface area contributed by atoms with Crippen LogP contribution in [0.3, 0.4) is 0 Å². The molecule has 4 aromatic rings. The maximum Gasteiger partial charge on any atom is 0.303 e. The number of anilines is 1. The number of benzene rings is 4. The minimum atomic E-state index is -1.79. The van der Waals surface area contributed by atoms with E-state index in [0.29, 0.717) is 33.7 Å². The van der Waals surface area contributed by atoms with Gasteiger partial charge in [-0.15, -0.1) is 0 Å². The minimum absolute atomic E-state index is 0.00596. The number of amides is 9. The average molecular weight is 1250 g/mol. The number of carboxylic acids is 1. The molecule has 0 aromatic heterocycles. The second kappa shape index (κ2) is 34.2. The topological polar surface area (TPSA) is 452 Å². The number of aliphatic hydroxyl groups is 1. The Hall–Kier alpha value is -7.99. The Kier molecular flexibility index (Phi) is 27.4. The molecule has 464 valence electrons. The van der Waals surface area contributed by atoms with Crippen molar-refractivity contribution in [3.05, 3.63) is 124 Å². The summed E-state index contributed by atoms with van der Waals surface area (Å²) in [5, 5.41) is 61.4. The molecular weight excluding hydrogens is 1180 g/mol. The molecular formula is C57H73ClN12O14S2. The number of carboxylic acid groups (broad SMARTS) is 1. The van der Waals surface area contributed by atoms with Crippen LogP contribution in [0.25, 0.3) is 0 Å². The number of phenols is 2. The van der Waals surface area contributed by atoms with Gasteiger partial charge in [0.1, 0.15) is 53.8 Å². The van der Waals surface area contributed by atoms with Crippen molar-refractivity contribution < 1.29 is 68.4 Å². The molecule has 1 saturated heterocycles. The maximum atomic E-state index is 14.9. The number of aliphatic hydroxyl groups excluding tert-OH is 1. The molecule has 0 radical (unpaired) electrons. The summed E-state index contributed by atoms with van der Waals surface area (Å²) in [5.74, 6) is -10.1. The molecule has 0 aliphatic carbocycles. The average Bonchev–Trinajstić information content (AvgIpc) is 3.68. The second-order valence-electron chi connectivity index (χ2n) is 20.5. The van der Waals surface area contributed by atoms with E-state index < -0.39 is 120 Å². The van der Waals surface area contributed by atoms with Gasteiger partial charge in [-0.05, 0) is 116 Å². The fraction of sp³-hybridized carbons (Fsp3) is 0.404. The summed E-state index contributed by atoms with van der Waals surface area (Å²) in [6.45, 7) is 1.38. The standard InChI is InChI=1S/C57H73ClN12O14S2/c1-30(71)48-57(84)69-46(55(82)65-42(49(62)76)25-33-9-17-37(72)18-10-33)29-86-85-28-45(68-51(78)40(61)24-31-5-13-35(58)14-6-31)56(83)67-44(27-34-11-19-38(73)20-12-34)54(81)66-43(53(80)64-41(52(79)70-48)4-2-3-23-59)26-32-7-15-36(16-8-32)63-50(77)39(60)21-22-47(74)75/h5-20,30,39-46,48,71-73H,2-4,21-29,59-61H2,1H3,(H2,62,76)(H,63,77)(H,64,80)(H,65,82)(H,66,81)(H,67,83)(H,68,78)(H,69,84)(H,70,79)(H,74,75)/t30?,39-,40-,41-,42+,43+,44-,45+,46-,48?/m0/s1. The summed E-state index contributed by atoms with van der Waals surface area (Å²) < 4.78 is 0. The van der Waals surface area contributed by atoms with Gasteiger partial charge in [-0.3, -0.25) is 47.9 Å². The molecule has 4 aromatic carbocycles. The molecule has 0 spiro atoms. The van der Waals surface area contributed by atoms with Crippen molar-refractivity contribution in [3.8, 4) is 11.5 Å². The lowest BCUT2D eigenvalue weighted by Gasteiger charge is -2.29. The van der Waals surface area contributed by atoms with E-state index in [1.54, 1.807) is 24.3 Å². The van der Waals surface area contributed by atoms with Crippen LogP contribution in [0.2, 0.25) is 5.02 Å². The predicted molar refractivity (Wildman–Crippen MR) is 323 cm³/mol. The Labute approximate surface area is 508 Å². The molecule has 26 nitrogen and oxygen atoms in total. The number of nitrogens with two attached hydrogens (primary N) is 4. The van der Waals surface area contributed by atoms with Gasteiger partial charge in [0.15, 0.2) is 0 Å². The Morgan fingerprint density at radius 2 is 1.15 bits per heavy atom. The molecule has 1 fully saturated rings. The molecule has 10 atom stereocenters. The number of hydrogen-bond donors (Lipinski definition) is 16. The SMILES string of the molecule is CC(O)C1NC(=O)[C@H](CCCCN)NC(=O)[C@@H](Cc2ccc(NC(=O)[C@@H](N)CCC(=O)O)cc2)NC(=O)[C@H](Cc2ccc(O)cc2)NC(=O)[C@H](NC(=O)[C@@H](N)Cc2ccc(Cl)cc2)CSSC[C@@H](C(=O)N[C@H](Cc2ccc(O)cc2)C(N)=O)NC1=O. The third kappa shape index (κ3) is 22.8. The lowest BCUT2D eigenvalue weighted by atomic mass is 10.0. The minimum Gasteiger partial charge on any atom is -0.508 e. The van der Waals surface area contributed by atoms with Gasteiger partial charge in [0.2, 0.25) is 53.2 Å². The molecule has 0 bridgehead atoms. The molecule has 86 heavy (non-hydrogen) atoms. The van der Waals surface area contributed by atoms with Crippen molar-refractivity contribution in [2.24, 2.45) is 22.9 Å². The molecule has 29 heteroatoms. The zero-order chi connectivity index (χ0) is 63.0. The molecule has 20 N–H and O–H groups in total. The highest BCUT2D eigenvalue weighted by Crippen LogP contribution is 2.25. The first-order valence-electron chi connectivity index (χ1n) is 27.4. The fourth-order valence-corrected chi connectivity index (χ4v) is 11.1. The third-order valence-electron chi connectivity index (χ3n) is 13.5. The zero-order valence-electron chi connectivity index (χ0n) is 46.9. The van der Waals surface area contributed by atoms with E-state index in [2.05, 4.69) is 42.5 Å². The number of nitrogens with one attached hydrogen (secondary N) is 8. The highest BCUT2D eigenvalue weighted by atomic mass is 35.5. The van der Waals surface area contributed by atoms with Crippen LogP contribution in [-0.4, -0.2) is 158 Å². The van der Waals surface area contributed by atoms with E-state index in [9.17, 15) is 63.3 Å². The number of halogens is 1. The number of aromatic hydroxyl groups is 2. The zero-order valence-corrected chi connectivity index (χ0v) is 49.3. The Balaban J connectivity index is 1.57. The third-order valence-corrected chi connectivity index (χ3v) is 16.2. The first-order chi connectivity index (χ1) is 40.9. The normalized spacial score (nSPS) is 20.6. The molecule has 9 amide bonds. The van der Waals surface area contributed by atoms with Gasteiger partial charge >= 0.3 is 5.97 Å². The van der Waals surface area contributed by atoms with Crippen LogP contribution in [-0.2, 0) is 73.6 Å². The van der Waals surface area contributed by atoms with E-state index >= 15 is 0 Å². The summed E-state index contributed by atoms with van der Waals surface area (Å²) in [5.41, 5.74) is 26.0. The molecule has 2 unspecified atom stereocenters. The maximum absolute atomic E-state index is 14.9.